The van der Waals surface area contributed by atoms with Crippen LogP contribution in [0.15, 0.2) is 6.20 Å². The third-order valence-corrected chi connectivity index (χ3v) is 5.16. The van der Waals surface area contributed by atoms with Crippen LogP contribution in [0.3, 0.4) is 0 Å². The van der Waals surface area contributed by atoms with Gasteiger partial charge in [-0.25, -0.2) is 4.98 Å². The Morgan fingerprint density at radius 1 is 1.45 bits per heavy atom. The monoisotopic (exact) mass is 309 g/mol. The van der Waals surface area contributed by atoms with Gasteiger partial charge in [0.05, 0.1) is 10.5 Å². The van der Waals surface area contributed by atoms with Gasteiger partial charge in [-0.05, 0) is 31.6 Å². The summed E-state index contributed by atoms with van der Waals surface area (Å²) in [6.45, 7) is 2.13. The molecular weight excluding hydrogens is 291 g/mol. The van der Waals surface area contributed by atoms with Gasteiger partial charge in [0.15, 0.2) is 5.01 Å². The molecule has 0 spiro atoms. The van der Waals surface area contributed by atoms with Crippen LogP contribution in [0.25, 0.3) is 0 Å². The zero-order valence-corrected chi connectivity index (χ0v) is 12.2. The highest BCUT2D eigenvalue weighted by atomic mass is 32.1. The van der Waals surface area contributed by atoms with E-state index in [0.717, 1.165) is 19.0 Å². The lowest BCUT2D eigenvalue weighted by atomic mass is 9.76. The molecule has 1 saturated carbocycles. The molecule has 0 aliphatic heterocycles. The molecule has 1 aromatic heterocycles. The zero-order valence-electron chi connectivity index (χ0n) is 11.4. The number of nitrogens with zero attached hydrogens (tertiary/aromatic N) is 1. The smallest absolute Gasteiger partial charge is 0.384 e. The number of ether oxygens (including phenoxy) is 1. The van der Waals surface area contributed by atoms with E-state index < -0.39 is 22.9 Å². The molecule has 1 aromatic rings. The van der Waals surface area contributed by atoms with E-state index in [1.807, 2.05) is 0 Å². The van der Waals surface area contributed by atoms with Crippen LogP contribution in [-0.4, -0.2) is 22.8 Å². The van der Waals surface area contributed by atoms with Crippen LogP contribution in [0.5, 0.6) is 0 Å². The van der Waals surface area contributed by atoms with E-state index in [2.05, 4.69) is 11.9 Å². The number of aliphatic hydroxyl groups excluding tert-OH is 1. The third-order valence-electron chi connectivity index (χ3n) is 4.06. The van der Waals surface area contributed by atoms with Gasteiger partial charge in [-0.1, -0.05) is 6.92 Å². The van der Waals surface area contributed by atoms with Crippen LogP contribution in [0, 0.1) is 5.92 Å². The summed E-state index contributed by atoms with van der Waals surface area (Å²) in [6, 6.07) is 0. The van der Waals surface area contributed by atoms with Crippen LogP contribution in [0.2, 0.25) is 0 Å². The van der Waals surface area contributed by atoms with Gasteiger partial charge in [0.2, 0.25) is 0 Å². The molecule has 1 N–H and O–H groups in total. The van der Waals surface area contributed by atoms with Crippen LogP contribution < -0.4 is 0 Å². The number of aliphatic hydroxyl groups is 1. The van der Waals surface area contributed by atoms with E-state index in [0.29, 0.717) is 30.1 Å². The third kappa shape index (κ3) is 2.99. The minimum Gasteiger partial charge on any atom is -0.384 e. The molecule has 1 aliphatic carbocycles. The topological polar surface area (TPSA) is 42.4 Å². The molecular formula is C13H18F3NO2S. The highest BCUT2D eigenvalue weighted by Gasteiger charge is 2.43. The van der Waals surface area contributed by atoms with Crippen molar-refractivity contribution in [3.8, 4) is 0 Å². The van der Waals surface area contributed by atoms with Gasteiger partial charge in [0.1, 0.15) is 6.10 Å². The summed E-state index contributed by atoms with van der Waals surface area (Å²) < 4.78 is 43.2. The number of rotatable bonds is 3. The van der Waals surface area contributed by atoms with Crippen molar-refractivity contribution in [2.24, 2.45) is 5.92 Å². The van der Waals surface area contributed by atoms with Gasteiger partial charge < -0.3 is 9.84 Å². The van der Waals surface area contributed by atoms with Crippen molar-refractivity contribution < 1.29 is 23.0 Å². The Morgan fingerprint density at radius 3 is 2.50 bits per heavy atom. The standard InChI is InChI=1S/C13H18F3NO2S/c1-8-3-5-12(19-2,6-4-8)10(18)9-7-17-11(20-9)13(14,15)16/h7-8,10,18H,3-6H2,1-2H3. The van der Waals surface area contributed by atoms with Crippen LogP contribution >= 0.6 is 11.3 Å². The first kappa shape index (κ1) is 15.7. The Labute approximate surface area is 119 Å². The highest BCUT2D eigenvalue weighted by molar-refractivity contribution is 7.11. The molecule has 0 aromatic carbocycles. The van der Waals surface area contributed by atoms with E-state index >= 15 is 0 Å². The quantitative estimate of drug-likeness (QED) is 0.923. The maximum absolute atomic E-state index is 12.6. The van der Waals surface area contributed by atoms with Gasteiger partial charge in [0.25, 0.3) is 0 Å². The number of halogens is 3. The summed E-state index contributed by atoms with van der Waals surface area (Å²) in [5, 5.41) is 9.51. The molecule has 1 atom stereocenters. The number of aromatic nitrogens is 1. The molecule has 20 heavy (non-hydrogen) atoms. The maximum atomic E-state index is 12.6. The molecule has 3 nitrogen and oxygen atoms in total. The minimum absolute atomic E-state index is 0.216. The fraction of sp³-hybridized carbons (Fsp3) is 0.769. The lowest BCUT2D eigenvalue weighted by molar-refractivity contribution is -0.137. The molecule has 114 valence electrons. The summed E-state index contributed by atoms with van der Waals surface area (Å²) in [7, 11) is 1.50. The van der Waals surface area contributed by atoms with Crippen molar-refractivity contribution in [3.05, 3.63) is 16.1 Å². The predicted octanol–water partition coefficient (Wildman–Crippen LogP) is 3.79. The first-order chi connectivity index (χ1) is 9.28. The average molecular weight is 309 g/mol. The Hall–Kier alpha value is -0.660. The molecule has 7 heteroatoms. The molecule has 1 unspecified atom stereocenters. The second-order valence-electron chi connectivity index (χ2n) is 5.42. The van der Waals surface area contributed by atoms with E-state index in [9.17, 15) is 18.3 Å². The number of methoxy groups -OCH3 is 1. The van der Waals surface area contributed by atoms with Crippen LogP contribution in [0.1, 0.15) is 48.6 Å². The second kappa shape index (κ2) is 5.61. The van der Waals surface area contributed by atoms with Crippen molar-refractivity contribution in [3.63, 3.8) is 0 Å². The Morgan fingerprint density at radius 2 is 2.05 bits per heavy atom. The van der Waals surface area contributed by atoms with Gasteiger partial charge in [-0.2, -0.15) is 13.2 Å². The van der Waals surface area contributed by atoms with Crippen LogP contribution in [-0.2, 0) is 10.9 Å². The molecule has 1 aliphatic rings. The lowest BCUT2D eigenvalue weighted by Gasteiger charge is -2.41. The highest BCUT2D eigenvalue weighted by Crippen LogP contribution is 2.45. The summed E-state index contributed by atoms with van der Waals surface area (Å²) in [4.78, 5) is 3.58. The Balaban J connectivity index is 2.20. The summed E-state index contributed by atoms with van der Waals surface area (Å²) in [6.07, 6.45) is -1.34. The average Bonchev–Trinajstić information content (AvgIpc) is 2.89. The van der Waals surface area contributed by atoms with Crippen molar-refractivity contribution >= 4 is 11.3 Å². The fourth-order valence-corrected chi connectivity index (χ4v) is 3.52. The fourth-order valence-electron chi connectivity index (χ4n) is 2.64. The van der Waals surface area contributed by atoms with Crippen molar-refractivity contribution in [1.29, 1.82) is 0 Å². The molecule has 1 fully saturated rings. The lowest BCUT2D eigenvalue weighted by Crippen LogP contribution is -2.41. The van der Waals surface area contributed by atoms with E-state index in [-0.39, 0.29) is 4.88 Å². The molecule has 0 saturated heterocycles. The van der Waals surface area contributed by atoms with Gasteiger partial charge in [-0.3, -0.25) is 0 Å². The number of alkyl halides is 3. The largest absolute Gasteiger partial charge is 0.443 e. The van der Waals surface area contributed by atoms with Gasteiger partial charge in [-0.15, -0.1) is 11.3 Å². The van der Waals surface area contributed by atoms with Crippen molar-refractivity contribution in [2.75, 3.05) is 7.11 Å². The molecule has 1 heterocycles. The number of thiazole rings is 1. The van der Waals surface area contributed by atoms with Gasteiger partial charge >= 0.3 is 6.18 Å². The SMILES string of the molecule is COC1(C(O)c2cnc(C(F)(F)F)s2)CCC(C)CC1. The molecule has 0 amide bonds. The normalized spacial score (nSPS) is 29.4. The Kier molecular flexibility index (Phi) is 4.41. The summed E-state index contributed by atoms with van der Waals surface area (Å²) >= 11 is 0.490. The van der Waals surface area contributed by atoms with Gasteiger partial charge in [0, 0.05) is 13.3 Å². The minimum atomic E-state index is -4.47. The Bertz CT molecular complexity index is 453. The second-order valence-corrected chi connectivity index (χ2v) is 6.48. The first-order valence-corrected chi connectivity index (χ1v) is 7.36. The van der Waals surface area contributed by atoms with Crippen LogP contribution in [0.4, 0.5) is 13.2 Å². The predicted molar refractivity (Wildman–Crippen MR) is 69.4 cm³/mol. The maximum Gasteiger partial charge on any atom is 0.443 e. The summed E-state index contributed by atoms with van der Waals surface area (Å²) in [5.41, 5.74) is -0.790. The number of hydrogen-bond donors (Lipinski definition) is 1. The van der Waals surface area contributed by atoms with Crippen molar-refractivity contribution in [1.82, 2.24) is 4.98 Å². The van der Waals surface area contributed by atoms with E-state index in [1.165, 1.54) is 7.11 Å². The van der Waals surface area contributed by atoms with E-state index in [1.54, 1.807) is 0 Å². The molecule has 2 rings (SSSR count). The van der Waals surface area contributed by atoms with E-state index in [4.69, 9.17) is 4.74 Å². The zero-order chi connectivity index (χ0) is 15.0. The number of hydrogen-bond acceptors (Lipinski definition) is 4. The molecule has 0 radical (unpaired) electrons. The van der Waals surface area contributed by atoms with Crippen molar-refractivity contribution in [2.45, 2.75) is 50.5 Å². The first-order valence-electron chi connectivity index (χ1n) is 6.54. The molecule has 0 bridgehead atoms. The summed E-state index contributed by atoms with van der Waals surface area (Å²) in [5.74, 6) is 0.553.